The Morgan fingerprint density at radius 3 is 2.38 bits per heavy atom. The van der Waals surface area contributed by atoms with Gasteiger partial charge in [0.25, 0.3) is 5.56 Å². The van der Waals surface area contributed by atoms with Gasteiger partial charge in [-0.2, -0.15) is 0 Å². The van der Waals surface area contributed by atoms with Gasteiger partial charge in [0, 0.05) is 33.7 Å². The van der Waals surface area contributed by atoms with Crippen molar-refractivity contribution in [1.82, 2.24) is 14.9 Å². The zero-order chi connectivity index (χ0) is 45.8. The number of aromatic hydroxyl groups is 2. The molecule has 6 aliphatic rings. The summed E-state index contributed by atoms with van der Waals surface area (Å²) in [7, 11) is 0. The number of Topliss-reactive ketones (excluding diaryl/α,β-unsaturated/α-hetero) is 2. The molecule has 0 spiro atoms. The normalized spacial score (nSPS) is 34.8. The average Bonchev–Trinajstić information content (AvgIpc) is 3.64. The largest absolute Gasteiger partial charge is 0.508 e. The van der Waals surface area contributed by atoms with E-state index in [1.807, 2.05) is 13.8 Å². The van der Waals surface area contributed by atoms with Gasteiger partial charge in [0.15, 0.2) is 28.7 Å². The number of aliphatic hydroxyl groups excluding tert-OH is 3. The van der Waals surface area contributed by atoms with E-state index in [2.05, 4.69) is 26.2 Å². The topological polar surface area (TPSA) is 218 Å². The summed E-state index contributed by atoms with van der Waals surface area (Å²) in [5.41, 5.74) is -2.29. The fraction of sp³-hybridized carbons (Fsp3) is 0.543. The van der Waals surface area contributed by atoms with E-state index in [1.54, 1.807) is 32.1 Å². The third-order valence-corrected chi connectivity index (χ3v) is 15.3. The number of phenols is 2. The molecular weight excluding hydrogens is 905 g/mol. The Morgan fingerprint density at radius 1 is 1.05 bits per heavy atom. The number of aliphatic hydroxyl groups is 3. The first-order valence-electron chi connectivity index (χ1n) is 21.2. The van der Waals surface area contributed by atoms with Crippen molar-refractivity contribution in [2.75, 3.05) is 13.2 Å². The lowest BCUT2D eigenvalue weighted by molar-refractivity contribution is -0.226. The van der Waals surface area contributed by atoms with Gasteiger partial charge in [-0.1, -0.05) is 31.5 Å². The number of carbonyl (C=O) groups is 3. The zero-order valence-corrected chi connectivity index (χ0v) is 37.8. The van der Waals surface area contributed by atoms with Crippen LogP contribution >= 0.6 is 27.5 Å². The molecule has 0 bridgehead atoms. The van der Waals surface area contributed by atoms with Crippen molar-refractivity contribution in [3.05, 3.63) is 86.4 Å². The van der Waals surface area contributed by atoms with E-state index in [0.717, 1.165) is 13.0 Å². The first-order valence-corrected chi connectivity index (χ1v) is 22.4. The molecule has 2 saturated heterocycles. The van der Waals surface area contributed by atoms with Crippen molar-refractivity contribution in [2.45, 2.75) is 115 Å². The standard InChI is InChI=1S/C24H31FO6.C16H17BrClN3O3.C6H6O2/c1-21(2)30-19-9-14-13-8-16(25)15-7-12(27)5-6-22(15,3)20(13)17(28)10-23(14,4)24(19,31-21)18(29)11-26;17-11-6-13-10(5-12(11)18)16(24)21(8-20-13)7-9(22)4-14-15(23)2-1-3-19-14;7-5-1-2-6(8)4-3-5/h5-7,13-14,16-17,19-20,26,28H,8-11H2,1-4H3;5-6,8,14-15,19,23H,1-4,7H2;1-4,7-8H/t13-,14-,16-,17-,19+,20+,22-,23-,24+;14-,15+;/m00./s1. The van der Waals surface area contributed by atoms with E-state index in [0.29, 0.717) is 38.8 Å². The lowest BCUT2D eigenvalue weighted by Crippen LogP contribution is -2.64. The van der Waals surface area contributed by atoms with Crippen LogP contribution in [0.15, 0.2) is 75.8 Å². The second-order valence-corrected chi connectivity index (χ2v) is 19.7. The van der Waals surface area contributed by atoms with Crippen LogP contribution < -0.4 is 10.9 Å². The van der Waals surface area contributed by atoms with Crippen molar-refractivity contribution in [2.24, 2.45) is 28.6 Å². The van der Waals surface area contributed by atoms with Crippen molar-refractivity contribution in [3.8, 4) is 11.5 Å². The number of allylic oxidation sites excluding steroid dienone is 4. The van der Waals surface area contributed by atoms with Crippen LogP contribution in [0.3, 0.4) is 0 Å². The van der Waals surface area contributed by atoms with E-state index in [4.69, 9.17) is 31.3 Å². The SMILES string of the molecule is CC1(C)O[C@@H]2C[C@H]3[C@@H]4C[C@H](F)C5=CC(=O)C=C[C@]5(C)[C@H]4[C@@H](O)C[C@]3(C)[C@]2(C(=O)CO)O1.O=C(C[C@@H]1NCCC[C@H]1O)Cn1cnc2cc(Br)c(Cl)cc2c1=O.Oc1ccc(O)cc1. The minimum absolute atomic E-state index is 0.0691. The average molecular weight is 959 g/mol. The Kier molecular flexibility index (Phi) is 13.3. The van der Waals surface area contributed by atoms with Gasteiger partial charge in [0.05, 0.1) is 47.1 Å². The number of phenolic OH excluding ortho intramolecular Hbond substituents is 2. The third-order valence-electron chi connectivity index (χ3n) is 14.1. The summed E-state index contributed by atoms with van der Waals surface area (Å²) in [4.78, 5) is 54.1. The van der Waals surface area contributed by atoms with Gasteiger partial charge in [-0.25, -0.2) is 9.37 Å². The highest BCUT2D eigenvalue weighted by atomic mass is 79.9. The molecule has 2 aliphatic heterocycles. The molecule has 4 aliphatic carbocycles. The molecule has 6 N–H and O–H groups in total. The molecule has 3 saturated carbocycles. The van der Waals surface area contributed by atoms with Crippen LogP contribution in [0, 0.1) is 28.6 Å². The zero-order valence-electron chi connectivity index (χ0n) is 35.5. The van der Waals surface area contributed by atoms with Crippen molar-refractivity contribution >= 4 is 55.8 Å². The number of hydrogen-bond donors (Lipinski definition) is 6. The van der Waals surface area contributed by atoms with Crippen molar-refractivity contribution in [3.63, 3.8) is 0 Å². The number of carbonyl (C=O) groups excluding carboxylic acids is 3. The maximum atomic E-state index is 15.4. The molecule has 11 atom stereocenters. The Balaban J connectivity index is 0.000000164. The Hall–Kier alpha value is -3.87. The highest BCUT2D eigenvalue weighted by Gasteiger charge is 2.77. The molecule has 5 fully saturated rings. The number of hydrogen-bond acceptors (Lipinski definition) is 13. The van der Waals surface area contributed by atoms with Gasteiger partial charge in [-0.15, -0.1) is 0 Å². The Morgan fingerprint density at radius 2 is 1.73 bits per heavy atom. The number of rotatable bonds is 6. The molecule has 0 amide bonds. The molecule has 3 heterocycles. The summed E-state index contributed by atoms with van der Waals surface area (Å²) >= 11 is 9.33. The lowest BCUT2D eigenvalue weighted by Gasteiger charge is -2.60. The summed E-state index contributed by atoms with van der Waals surface area (Å²) in [6.07, 6.45) is 5.52. The Labute approximate surface area is 377 Å². The summed E-state index contributed by atoms with van der Waals surface area (Å²) < 4.78 is 29.8. The number of piperidine rings is 1. The number of benzene rings is 2. The number of nitrogens with zero attached hydrogens (tertiary/aromatic N) is 2. The summed E-state index contributed by atoms with van der Waals surface area (Å²) in [6.45, 7) is 7.37. The number of ketones is 3. The molecule has 0 unspecified atom stereocenters. The van der Waals surface area contributed by atoms with Crippen LogP contribution in [-0.2, 0) is 30.4 Å². The maximum Gasteiger partial charge on any atom is 0.261 e. The molecule has 1 aromatic heterocycles. The molecule has 2 aromatic carbocycles. The van der Waals surface area contributed by atoms with Crippen LogP contribution in [0.4, 0.5) is 4.39 Å². The van der Waals surface area contributed by atoms with Crippen LogP contribution in [-0.4, -0.2) is 107 Å². The number of alkyl halides is 1. The van der Waals surface area contributed by atoms with Gasteiger partial charge in [0.1, 0.15) is 24.3 Å². The summed E-state index contributed by atoms with van der Waals surface area (Å²) in [5, 5.41) is 52.4. The lowest BCUT2D eigenvalue weighted by atomic mass is 9.46. The fourth-order valence-electron chi connectivity index (χ4n) is 11.4. The molecule has 0 radical (unpaired) electrons. The summed E-state index contributed by atoms with van der Waals surface area (Å²) in [5.74, 6) is -2.06. The highest BCUT2D eigenvalue weighted by molar-refractivity contribution is 9.10. The van der Waals surface area contributed by atoms with E-state index >= 15 is 4.39 Å². The van der Waals surface area contributed by atoms with Gasteiger partial charge in [-0.05, 0) is 134 Å². The molecule has 17 heteroatoms. The number of fused-ring (bicyclic) bond motifs is 8. The first-order chi connectivity index (χ1) is 29.6. The monoisotopic (exact) mass is 957 g/mol. The second-order valence-electron chi connectivity index (χ2n) is 18.5. The number of nitrogens with one attached hydrogen (secondary N) is 1. The predicted octanol–water partition coefficient (Wildman–Crippen LogP) is 5.26. The molecule has 340 valence electrons. The quantitative estimate of drug-likeness (QED) is 0.174. The van der Waals surface area contributed by atoms with Gasteiger partial charge in [0.2, 0.25) is 0 Å². The smallest absolute Gasteiger partial charge is 0.261 e. The number of ether oxygens (including phenoxy) is 2. The maximum absolute atomic E-state index is 15.4. The molecule has 14 nitrogen and oxygen atoms in total. The molecular formula is C46H54BrClFN3O11. The minimum Gasteiger partial charge on any atom is -0.508 e. The van der Waals surface area contributed by atoms with Crippen LogP contribution in [0.5, 0.6) is 11.5 Å². The third kappa shape index (κ3) is 8.70. The molecule has 3 aromatic rings. The predicted molar refractivity (Wildman–Crippen MR) is 234 cm³/mol. The van der Waals surface area contributed by atoms with E-state index in [1.165, 1.54) is 47.3 Å². The van der Waals surface area contributed by atoms with Crippen molar-refractivity contribution < 1.29 is 53.8 Å². The van der Waals surface area contributed by atoms with Gasteiger partial charge >= 0.3 is 0 Å². The highest BCUT2D eigenvalue weighted by Crippen LogP contribution is 2.70. The van der Waals surface area contributed by atoms with E-state index in [9.17, 15) is 34.5 Å². The molecule has 9 rings (SSSR count). The van der Waals surface area contributed by atoms with Crippen molar-refractivity contribution in [1.29, 1.82) is 0 Å². The van der Waals surface area contributed by atoms with Gasteiger partial charge in [-0.3, -0.25) is 23.7 Å². The van der Waals surface area contributed by atoms with Crippen LogP contribution in [0.1, 0.15) is 66.2 Å². The Bertz CT molecular complexity index is 2370. The van der Waals surface area contributed by atoms with Crippen LogP contribution in [0.25, 0.3) is 10.9 Å². The minimum atomic E-state index is -1.37. The fourth-order valence-corrected chi connectivity index (χ4v) is 11.9. The van der Waals surface area contributed by atoms with Crippen LogP contribution in [0.2, 0.25) is 5.02 Å². The van der Waals surface area contributed by atoms with E-state index < -0.39 is 59.1 Å². The number of aromatic nitrogens is 2. The summed E-state index contributed by atoms with van der Waals surface area (Å²) in [6, 6.07) is 8.67. The number of halogens is 3. The second kappa shape index (κ2) is 17.8. The van der Waals surface area contributed by atoms with E-state index in [-0.39, 0.29) is 78.2 Å². The van der Waals surface area contributed by atoms with Gasteiger partial charge < -0.3 is 40.3 Å². The molecule has 63 heavy (non-hydrogen) atoms. The first kappa shape index (κ1) is 47.1.